The molecule has 0 unspecified atom stereocenters. The molecule has 0 aromatic carbocycles. The fourth-order valence-electron chi connectivity index (χ4n) is 1.47. The molecular weight excluding hydrogens is 377 g/mol. The molecule has 0 rings (SSSR count). The van der Waals surface area contributed by atoms with Gasteiger partial charge in [-0.1, -0.05) is 39.0 Å². The molecule has 0 saturated heterocycles. The van der Waals surface area contributed by atoms with Crippen LogP contribution < -0.4 is 80.2 Å². The van der Waals surface area contributed by atoms with Crippen molar-refractivity contribution in [2.24, 2.45) is 10.9 Å². The van der Waals surface area contributed by atoms with Crippen LogP contribution in [-0.2, 0) is 19.6 Å². The summed E-state index contributed by atoms with van der Waals surface area (Å²) >= 11 is 0. The van der Waals surface area contributed by atoms with Crippen LogP contribution in [0.25, 0.3) is 0 Å². The maximum absolute atomic E-state index is 10.5. The summed E-state index contributed by atoms with van der Waals surface area (Å²) in [5.74, 6) is -2.61. The molecule has 0 spiro atoms. The number of halogens is 1. The molecule has 12 heteroatoms. The van der Waals surface area contributed by atoms with Crippen LogP contribution in [0.5, 0.6) is 0 Å². The van der Waals surface area contributed by atoms with Gasteiger partial charge in [0.15, 0.2) is 0 Å². The third-order valence-electron chi connectivity index (χ3n) is 2.74. The molecule has 0 radical (unpaired) electrons. The fraction of sp³-hybridized carbons (Fsp3) is 0.846. The Balaban J connectivity index is -0.0000000964. The van der Waals surface area contributed by atoms with Gasteiger partial charge in [0.2, 0.25) is 10.0 Å². The Labute approximate surface area is 193 Å². The van der Waals surface area contributed by atoms with Crippen molar-refractivity contribution >= 4 is 22.0 Å². The van der Waals surface area contributed by atoms with E-state index < -0.39 is 28.0 Å². The summed E-state index contributed by atoms with van der Waals surface area (Å²) in [6.45, 7) is 2.16. The number of hydrogen-bond acceptors (Lipinski definition) is 7. The first-order valence-corrected chi connectivity index (χ1v) is 8.98. The largest absolute Gasteiger partial charge is 1.00 e. The van der Waals surface area contributed by atoms with Gasteiger partial charge in [-0.15, -0.1) is 0 Å². The van der Waals surface area contributed by atoms with Crippen molar-refractivity contribution in [3.05, 3.63) is 0 Å². The SMILES string of the molecule is CCCCCCCCS(N)(=O)=O.F.N[C@@H](CCC(=O)[O-])C(=O)[O-].[Na+].[Na+]. The van der Waals surface area contributed by atoms with Crippen LogP contribution in [-0.4, -0.2) is 32.2 Å². The number of carboxylic acid groups (broad SMARTS) is 2. The van der Waals surface area contributed by atoms with Gasteiger partial charge in [0.1, 0.15) is 0 Å². The molecule has 0 aliphatic carbocycles. The third-order valence-corrected chi connectivity index (χ3v) is 3.60. The summed E-state index contributed by atoms with van der Waals surface area (Å²) in [7, 11) is -3.22. The summed E-state index contributed by atoms with van der Waals surface area (Å²) in [6, 6.07) is -1.21. The molecule has 0 aliphatic rings. The van der Waals surface area contributed by atoms with Crippen molar-refractivity contribution < 1.29 is 92.0 Å². The van der Waals surface area contributed by atoms with Crippen molar-refractivity contribution in [3.8, 4) is 0 Å². The Morgan fingerprint density at radius 2 is 1.44 bits per heavy atom. The molecule has 4 N–H and O–H groups in total. The number of carboxylic acids is 2. The maximum Gasteiger partial charge on any atom is 1.00 e. The number of sulfonamides is 1. The van der Waals surface area contributed by atoms with Crippen LogP contribution in [0.1, 0.15) is 58.3 Å². The van der Waals surface area contributed by atoms with Gasteiger partial charge in [-0.05, 0) is 19.3 Å². The van der Waals surface area contributed by atoms with Gasteiger partial charge in [-0.25, -0.2) is 13.6 Å². The van der Waals surface area contributed by atoms with Crippen molar-refractivity contribution in [3.63, 3.8) is 0 Å². The van der Waals surface area contributed by atoms with E-state index in [9.17, 15) is 28.2 Å². The Hall–Kier alpha value is 0.740. The average molecular weight is 404 g/mol. The van der Waals surface area contributed by atoms with E-state index >= 15 is 0 Å². The molecule has 0 fully saturated rings. The monoisotopic (exact) mass is 404 g/mol. The van der Waals surface area contributed by atoms with Crippen LogP contribution in [0.4, 0.5) is 4.70 Å². The predicted octanol–water partition coefficient (Wildman–Crippen LogP) is -7.61. The second kappa shape index (κ2) is 22.8. The first kappa shape index (κ1) is 36.6. The van der Waals surface area contributed by atoms with E-state index in [2.05, 4.69) is 6.92 Å². The minimum Gasteiger partial charge on any atom is -0.550 e. The van der Waals surface area contributed by atoms with Gasteiger partial charge >= 0.3 is 59.1 Å². The molecule has 0 amide bonds. The number of hydrogen-bond donors (Lipinski definition) is 2. The van der Waals surface area contributed by atoms with E-state index in [1.54, 1.807) is 0 Å². The number of carbonyl (C=O) groups is 2. The zero-order chi connectivity index (χ0) is 17.6. The van der Waals surface area contributed by atoms with Crippen LogP contribution in [0, 0.1) is 0 Å². The molecule has 0 aromatic heterocycles. The first-order chi connectivity index (χ1) is 10.1. The summed E-state index contributed by atoms with van der Waals surface area (Å²) in [4.78, 5) is 19.6. The van der Waals surface area contributed by atoms with Crippen molar-refractivity contribution in [2.75, 3.05) is 5.75 Å². The minimum atomic E-state index is -3.22. The van der Waals surface area contributed by atoms with Crippen LogP contribution >= 0.6 is 0 Å². The fourth-order valence-corrected chi connectivity index (χ4v) is 2.08. The molecular formula is C13H27FN2Na2O6S. The van der Waals surface area contributed by atoms with Gasteiger partial charge in [0.05, 0.1) is 11.7 Å². The number of nitrogens with two attached hydrogens (primary N) is 2. The van der Waals surface area contributed by atoms with E-state index in [0.29, 0.717) is 6.42 Å². The molecule has 1 atom stereocenters. The first-order valence-electron chi connectivity index (χ1n) is 7.27. The maximum atomic E-state index is 10.5. The molecule has 0 aliphatic heterocycles. The van der Waals surface area contributed by atoms with Gasteiger partial charge in [0, 0.05) is 12.0 Å². The quantitative estimate of drug-likeness (QED) is 0.255. The van der Waals surface area contributed by atoms with Crippen LogP contribution in [0.3, 0.4) is 0 Å². The smallest absolute Gasteiger partial charge is 0.550 e. The van der Waals surface area contributed by atoms with Crippen molar-refractivity contribution in [2.45, 2.75) is 64.3 Å². The van der Waals surface area contributed by atoms with Crippen LogP contribution in [0.15, 0.2) is 0 Å². The number of rotatable bonds is 11. The summed E-state index contributed by atoms with van der Waals surface area (Å²) in [5.41, 5.74) is 4.91. The van der Waals surface area contributed by atoms with Gasteiger partial charge < -0.3 is 25.5 Å². The normalized spacial score (nSPS) is 10.7. The summed E-state index contributed by atoms with van der Waals surface area (Å²) in [5, 5.41) is 24.5. The predicted molar refractivity (Wildman–Crippen MR) is 81.1 cm³/mol. The molecule has 140 valence electrons. The van der Waals surface area contributed by atoms with E-state index in [0.717, 1.165) is 12.8 Å². The third kappa shape index (κ3) is 36.4. The van der Waals surface area contributed by atoms with Crippen molar-refractivity contribution in [1.82, 2.24) is 0 Å². The summed E-state index contributed by atoms with van der Waals surface area (Å²) in [6.07, 6.45) is 5.99. The van der Waals surface area contributed by atoms with Gasteiger partial charge in [-0.2, -0.15) is 0 Å². The van der Waals surface area contributed by atoms with Crippen molar-refractivity contribution in [1.29, 1.82) is 0 Å². The molecule has 25 heavy (non-hydrogen) atoms. The van der Waals surface area contributed by atoms with E-state index in [1.165, 1.54) is 19.3 Å². The zero-order valence-corrected chi connectivity index (χ0v) is 20.2. The Bertz CT molecular complexity index is 427. The van der Waals surface area contributed by atoms with E-state index in [-0.39, 0.29) is 82.4 Å². The van der Waals surface area contributed by atoms with Gasteiger partial charge in [-0.3, -0.25) is 4.70 Å². The summed E-state index contributed by atoms with van der Waals surface area (Å²) < 4.78 is 21.0. The van der Waals surface area contributed by atoms with Crippen LogP contribution in [0.2, 0.25) is 0 Å². The Morgan fingerprint density at radius 1 is 1.00 bits per heavy atom. The molecule has 0 aromatic rings. The molecule has 0 heterocycles. The minimum absolute atomic E-state index is 0. The standard InChI is InChI=1S/C8H19NO2S.C5H9NO4.FH.2Na/c1-2-3-4-5-6-7-8-12(9,10)11;6-3(5(9)10)1-2-4(7)8;;;/h2-8H2,1H3,(H2,9,10,11);3H,1-2,6H2,(H,7,8)(H,9,10);1H;;/q;;;2*+1/p-2/t;3-;;;/m.0.../s1. The Kier molecular flexibility index (Phi) is 33.4. The number of primary sulfonamides is 1. The second-order valence-corrected chi connectivity index (χ2v) is 6.70. The molecule has 0 saturated carbocycles. The van der Waals surface area contributed by atoms with E-state index in [4.69, 9.17) is 10.9 Å². The van der Waals surface area contributed by atoms with E-state index in [1.807, 2.05) is 0 Å². The number of aliphatic carboxylic acids is 2. The zero-order valence-electron chi connectivity index (χ0n) is 15.4. The molecule has 0 bridgehead atoms. The molecule has 8 nitrogen and oxygen atoms in total. The van der Waals surface area contributed by atoms with Gasteiger partial charge in [0.25, 0.3) is 0 Å². The second-order valence-electron chi connectivity index (χ2n) is 4.97. The number of carbonyl (C=O) groups excluding carboxylic acids is 2. The average Bonchev–Trinajstić information content (AvgIpc) is 2.39. The topological polar surface area (TPSA) is 166 Å². The Morgan fingerprint density at radius 3 is 1.80 bits per heavy atom. The number of unbranched alkanes of at least 4 members (excludes halogenated alkanes) is 5.